The third kappa shape index (κ3) is 6.36. The number of aliphatic hydroxyl groups is 1. The van der Waals surface area contributed by atoms with Gasteiger partial charge in [-0.25, -0.2) is 4.79 Å². The molecular formula is C24H34O4. The van der Waals surface area contributed by atoms with Crippen LogP contribution in [0.3, 0.4) is 0 Å². The summed E-state index contributed by atoms with van der Waals surface area (Å²) in [5.41, 5.74) is 3.20. The third-order valence-electron chi connectivity index (χ3n) is 5.47. The van der Waals surface area contributed by atoms with Gasteiger partial charge in [0.25, 0.3) is 0 Å². The average Bonchev–Trinajstić information content (AvgIpc) is 2.57. The van der Waals surface area contributed by atoms with Crippen LogP contribution in [0.1, 0.15) is 73.6 Å². The van der Waals surface area contributed by atoms with Crippen LogP contribution < -0.4 is 0 Å². The van der Waals surface area contributed by atoms with Crippen LogP contribution in [0.25, 0.3) is 0 Å². The Hall–Kier alpha value is -2.36. The van der Waals surface area contributed by atoms with Gasteiger partial charge in [-0.15, -0.1) is 0 Å². The normalized spacial score (nSPS) is 20.9. The Balaban J connectivity index is 2.75. The van der Waals surface area contributed by atoms with E-state index >= 15 is 0 Å². The van der Waals surface area contributed by atoms with Crippen LogP contribution in [0.5, 0.6) is 0 Å². The van der Waals surface area contributed by atoms with Gasteiger partial charge in [-0.05, 0) is 79.2 Å². The van der Waals surface area contributed by atoms with Crippen molar-refractivity contribution >= 4 is 11.8 Å². The number of carbonyl (C=O) groups excluding carboxylic acids is 1. The van der Waals surface area contributed by atoms with Crippen LogP contribution in [0.15, 0.2) is 57.9 Å². The van der Waals surface area contributed by atoms with Crippen molar-refractivity contribution in [3.05, 3.63) is 57.9 Å². The zero-order valence-corrected chi connectivity index (χ0v) is 18.1. The molecule has 0 aromatic heterocycles. The predicted molar refractivity (Wildman–Crippen MR) is 114 cm³/mol. The molecule has 28 heavy (non-hydrogen) atoms. The maximum absolute atomic E-state index is 12.5. The second-order valence-corrected chi connectivity index (χ2v) is 8.19. The lowest BCUT2D eigenvalue weighted by molar-refractivity contribution is -0.132. The lowest BCUT2D eigenvalue weighted by Gasteiger charge is -2.31. The highest BCUT2D eigenvalue weighted by atomic mass is 16.4. The number of ketones is 1. The van der Waals surface area contributed by atoms with Gasteiger partial charge in [0.15, 0.2) is 5.78 Å². The van der Waals surface area contributed by atoms with Gasteiger partial charge < -0.3 is 10.2 Å². The van der Waals surface area contributed by atoms with E-state index in [4.69, 9.17) is 0 Å². The van der Waals surface area contributed by atoms with Crippen LogP contribution in [-0.2, 0) is 9.59 Å². The van der Waals surface area contributed by atoms with E-state index in [1.165, 1.54) is 16.7 Å². The quantitative estimate of drug-likeness (QED) is 0.461. The first kappa shape index (κ1) is 23.7. The summed E-state index contributed by atoms with van der Waals surface area (Å²) in [7, 11) is 0. The van der Waals surface area contributed by atoms with E-state index in [1.807, 2.05) is 13.0 Å². The van der Waals surface area contributed by atoms with Crippen molar-refractivity contribution in [2.24, 2.45) is 5.41 Å². The summed E-state index contributed by atoms with van der Waals surface area (Å²) in [5, 5.41) is 19.2. The smallest absolute Gasteiger partial charge is 0.339 e. The number of aliphatic hydroxyl groups excluding tert-OH is 1. The Labute approximate surface area is 169 Å². The monoisotopic (exact) mass is 386 g/mol. The predicted octanol–water partition coefficient (Wildman–Crippen LogP) is 6.23. The fourth-order valence-electron chi connectivity index (χ4n) is 3.25. The van der Waals surface area contributed by atoms with E-state index in [9.17, 15) is 19.8 Å². The van der Waals surface area contributed by atoms with Gasteiger partial charge in [0.2, 0.25) is 0 Å². The van der Waals surface area contributed by atoms with Crippen LogP contribution in [0, 0.1) is 5.41 Å². The molecule has 0 bridgehead atoms. The number of carbonyl (C=O) groups is 2. The van der Waals surface area contributed by atoms with Gasteiger partial charge in [-0.1, -0.05) is 34.9 Å². The molecule has 0 heterocycles. The van der Waals surface area contributed by atoms with E-state index in [0.29, 0.717) is 12.0 Å². The molecule has 1 rings (SSSR count). The Morgan fingerprint density at radius 3 is 2.11 bits per heavy atom. The first-order valence-corrected chi connectivity index (χ1v) is 9.83. The number of aliphatic carboxylic acids is 1. The van der Waals surface area contributed by atoms with Crippen molar-refractivity contribution in [1.82, 2.24) is 0 Å². The van der Waals surface area contributed by atoms with Crippen LogP contribution >= 0.6 is 0 Å². The van der Waals surface area contributed by atoms with E-state index in [0.717, 1.165) is 31.8 Å². The molecule has 2 N–H and O–H groups in total. The largest absolute Gasteiger partial charge is 0.507 e. The van der Waals surface area contributed by atoms with E-state index < -0.39 is 17.1 Å². The standard InChI is InChI=1S/C24H34O4/c1-16(2)9-7-10-17(3)11-8-12-18(4)13-14-24(6)19(5)22(23(27)28)20(25)15-21(24)26/h9,11,13,15,25H,7-8,10,12,14H2,1-6H3,(H,27,28)/b17-11+,18-13+/t24-/m1/s1. The van der Waals surface area contributed by atoms with Gasteiger partial charge in [-0.2, -0.15) is 0 Å². The molecule has 4 heteroatoms. The summed E-state index contributed by atoms with van der Waals surface area (Å²) in [6.45, 7) is 11.8. The Kier molecular flexibility index (Phi) is 8.67. The van der Waals surface area contributed by atoms with Crippen molar-refractivity contribution in [3.8, 4) is 0 Å². The van der Waals surface area contributed by atoms with Crippen molar-refractivity contribution in [1.29, 1.82) is 0 Å². The minimum Gasteiger partial charge on any atom is -0.507 e. The van der Waals surface area contributed by atoms with Crippen molar-refractivity contribution < 1.29 is 19.8 Å². The van der Waals surface area contributed by atoms with E-state index in [2.05, 4.69) is 32.9 Å². The van der Waals surface area contributed by atoms with Crippen molar-refractivity contribution in [2.45, 2.75) is 73.6 Å². The molecule has 0 aromatic carbocycles. The molecule has 1 atom stereocenters. The fraction of sp³-hybridized carbons (Fsp3) is 0.500. The van der Waals surface area contributed by atoms with Crippen LogP contribution in [-0.4, -0.2) is 22.0 Å². The molecule has 0 unspecified atom stereocenters. The second kappa shape index (κ2) is 10.3. The minimum atomic E-state index is -1.21. The minimum absolute atomic E-state index is 0.164. The summed E-state index contributed by atoms with van der Waals surface area (Å²) < 4.78 is 0. The summed E-state index contributed by atoms with van der Waals surface area (Å²) in [6, 6.07) is 0. The molecule has 1 aliphatic rings. The zero-order chi connectivity index (χ0) is 21.5. The summed E-state index contributed by atoms with van der Waals surface area (Å²) in [4.78, 5) is 23.9. The molecule has 1 aliphatic carbocycles. The van der Waals surface area contributed by atoms with Gasteiger partial charge in [-0.3, -0.25) is 4.79 Å². The maximum Gasteiger partial charge on any atom is 0.339 e. The van der Waals surface area contributed by atoms with Crippen molar-refractivity contribution in [2.75, 3.05) is 0 Å². The molecule has 0 saturated carbocycles. The lowest BCUT2D eigenvalue weighted by Crippen LogP contribution is -2.33. The number of carboxylic acids is 1. The SMILES string of the molecule is CC(C)=CCC/C(C)=C/CC/C(C)=C/C[C@@]1(C)C(=O)C=C(O)C(C(=O)O)=C1C. The molecule has 0 radical (unpaired) electrons. The van der Waals surface area contributed by atoms with E-state index in [1.54, 1.807) is 13.8 Å². The average molecular weight is 387 g/mol. The lowest BCUT2D eigenvalue weighted by atomic mass is 9.70. The Morgan fingerprint density at radius 2 is 1.57 bits per heavy atom. The summed E-state index contributed by atoms with van der Waals surface area (Å²) in [6.07, 6.45) is 12.0. The van der Waals surface area contributed by atoms with Crippen molar-refractivity contribution in [3.63, 3.8) is 0 Å². The molecular weight excluding hydrogens is 352 g/mol. The number of hydrogen-bond acceptors (Lipinski definition) is 3. The van der Waals surface area contributed by atoms with Crippen LogP contribution in [0.4, 0.5) is 0 Å². The van der Waals surface area contributed by atoms with Gasteiger partial charge in [0, 0.05) is 6.08 Å². The highest BCUT2D eigenvalue weighted by Gasteiger charge is 2.40. The molecule has 0 aromatic rings. The molecule has 0 saturated heterocycles. The highest BCUT2D eigenvalue weighted by molar-refractivity contribution is 6.05. The topological polar surface area (TPSA) is 74.6 Å². The molecule has 0 fully saturated rings. The van der Waals surface area contributed by atoms with E-state index in [-0.39, 0.29) is 11.4 Å². The number of hydrogen-bond donors (Lipinski definition) is 2. The Morgan fingerprint density at radius 1 is 1.04 bits per heavy atom. The first-order chi connectivity index (χ1) is 13.0. The summed E-state index contributed by atoms with van der Waals surface area (Å²) >= 11 is 0. The van der Waals surface area contributed by atoms with Gasteiger partial charge in [0.1, 0.15) is 11.3 Å². The maximum atomic E-state index is 12.5. The number of allylic oxidation sites excluding steroid dienone is 8. The zero-order valence-electron chi connectivity index (χ0n) is 18.1. The molecule has 0 spiro atoms. The number of rotatable bonds is 9. The Bertz CT molecular complexity index is 770. The van der Waals surface area contributed by atoms with Gasteiger partial charge >= 0.3 is 5.97 Å². The fourth-order valence-corrected chi connectivity index (χ4v) is 3.25. The first-order valence-electron chi connectivity index (χ1n) is 9.83. The second-order valence-electron chi connectivity index (χ2n) is 8.19. The highest BCUT2D eigenvalue weighted by Crippen LogP contribution is 2.40. The third-order valence-corrected chi connectivity index (χ3v) is 5.47. The molecule has 4 nitrogen and oxygen atoms in total. The van der Waals surface area contributed by atoms with Gasteiger partial charge in [0.05, 0.1) is 5.41 Å². The molecule has 154 valence electrons. The number of carboxylic acid groups (broad SMARTS) is 1. The van der Waals surface area contributed by atoms with Crippen LogP contribution in [0.2, 0.25) is 0 Å². The molecule has 0 amide bonds. The molecule has 0 aliphatic heterocycles. The summed E-state index contributed by atoms with van der Waals surface area (Å²) in [5.74, 6) is -1.92.